The molecule has 1 aromatic carbocycles. The first-order chi connectivity index (χ1) is 7.42. The predicted octanol–water partition coefficient (Wildman–Crippen LogP) is 1.49. The Bertz CT molecular complexity index is 366. The number of likely N-dealkylation sites (N-methyl/N-ethyl adjacent to an activating group) is 1. The molecule has 0 aliphatic carbocycles. The molecule has 0 aromatic heterocycles. The van der Waals surface area contributed by atoms with E-state index in [-0.39, 0.29) is 19.0 Å². The molecule has 0 unspecified atom stereocenters. The van der Waals surface area contributed by atoms with Crippen molar-refractivity contribution >= 4 is 5.69 Å². The summed E-state index contributed by atoms with van der Waals surface area (Å²) in [4.78, 5) is 1.91. The van der Waals surface area contributed by atoms with Gasteiger partial charge in [0.05, 0.1) is 12.1 Å². The molecule has 0 radical (unpaired) electrons. The van der Waals surface area contributed by atoms with Gasteiger partial charge in [-0.2, -0.15) is 0 Å². The summed E-state index contributed by atoms with van der Waals surface area (Å²) in [5.74, 6) is -0.292. The van der Waals surface area contributed by atoms with Crippen molar-refractivity contribution in [1.29, 1.82) is 0 Å². The Labute approximate surface area is 95.7 Å². The fraction of sp³-hybridized carbons (Fsp3) is 0.500. The molecule has 0 amide bonds. The smallest absolute Gasteiger partial charge is 0.123 e. The quantitative estimate of drug-likeness (QED) is 0.817. The predicted molar refractivity (Wildman–Crippen MR) is 63.9 cm³/mol. The topological polar surface area (TPSA) is 49.5 Å². The highest BCUT2D eigenvalue weighted by Gasteiger charge is 2.24. The second-order valence-corrected chi connectivity index (χ2v) is 4.51. The van der Waals surface area contributed by atoms with Crippen LogP contribution in [0.25, 0.3) is 0 Å². The minimum absolute atomic E-state index is 0.0187. The minimum atomic E-state index is -0.401. The fourth-order valence-corrected chi connectivity index (χ4v) is 1.48. The second-order valence-electron chi connectivity index (χ2n) is 4.51. The number of anilines is 1. The second kappa shape index (κ2) is 4.80. The summed E-state index contributed by atoms with van der Waals surface area (Å²) in [5, 5.41) is 9.30. The Hall–Kier alpha value is -1.13. The molecule has 0 aliphatic heterocycles. The molecule has 1 rings (SSSR count). The van der Waals surface area contributed by atoms with Crippen LogP contribution >= 0.6 is 0 Å². The van der Waals surface area contributed by atoms with Crippen LogP contribution < -0.4 is 10.6 Å². The highest BCUT2D eigenvalue weighted by atomic mass is 19.1. The van der Waals surface area contributed by atoms with Crippen molar-refractivity contribution in [1.82, 2.24) is 0 Å². The van der Waals surface area contributed by atoms with Gasteiger partial charge in [-0.1, -0.05) is 0 Å². The average molecular weight is 226 g/mol. The number of hydrogen-bond donors (Lipinski definition) is 2. The van der Waals surface area contributed by atoms with Crippen LogP contribution in [0.5, 0.6) is 0 Å². The maximum atomic E-state index is 13.1. The van der Waals surface area contributed by atoms with Gasteiger partial charge in [0, 0.05) is 19.3 Å². The van der Waals surface area contributed by atoms with Crippen molar-refractivity contribution in [3.8, 4) is 0 Å². The standard InChI is InChI=1S/C12H19FN2O/c1-12(2,8-16)15(3)11-5-4-10(13)6-9(11)7-14/h4-6,16H,7-8,14H2,1-3H3. The molecule has 4 heteroatoms. The number of aliphatic hydroxyl groups excluding tert-OH is 1. The highest BCUT2D eigenvalue weighted by Crippen LogP contribution is 2.26. The van der Waals surface area contributed by atoms with E-state index in [1.807, 2.05) is 25.8 Å². The molecule has 90 valence electrons. The van der Waals surface area contributed by atoms with E-state index >= 15 is 0 Å². The van der Waals surface area contributed by atoms with Gasteiger partial charge in [-0.15, -0.1) is 0 Å². The average Bonchev–Trinajstić information content (AvgIpc) is 2.27. The van der Waals surface area contributed by atoms with Gasteiger partial charge in [0.2, 0.25) is 0 Å². The molecular weight excluding hydrogens is 207 g/mol. The summed E-state index contributed by atoms with van der Waals surface area (Å²) in [6, 6.07) is 4.52. The van der Waals surface area contributed by atoms with Crippen molar-refractivity contribution in [3.63, 3.8) is 0 Å². The lowest BCUT2D eigenvalue weighted by molar-refractivity contribution is 0.216. The molecule has 0 fully saturated rings. The molecule has 0 spiro atoms. The minimum Gasteiger partial charge on any atom is -0.394 e. The third-order valence-corrected chi connectivity index (χ3v) is 2.92. The largest absolute Gasteiger partial charge is 0.394 e. The van der Waals surface area contributed by atoms with Crippen LogP contribution in [0.4, 0.5) is 10.1 Å². The summed E-state index contributed by atoms with van der Waals surface area (Å²) >= 11 is 0. The third-order valence-electron chi connectivity index (χ3n) is 2.92. The Morgan fingerprint density at radius 2 is 2.06 bits per heavy atom. The number of aliphatic hydroxyl groups is 1. The molecule has 0 saturated carbocycles. The van der Waals surface area contributed by atoms with E-state index in [9.17, 15) is 9.50 Å². The summed E-state index contributed by atoms with van der Waals surface area (Å²) in [5.41, 5.74) is 6.77. The van der Waals surface area contributed by atoms with Gasteiger partial charge in [-0.25, -0.2) is 4.39 Å². The van der Waals surface area contributed by atoms with Gasteiger partial charge >= 0.3 is 0 Å². The number of nitrogens with two attached hydrogens (primary N) is 1. The van der Waals surface area contributed by atoms with E-state index in [1.54, 1.807) is 6.07 Å². The summed E-state index contributed by atoms with van der Waals surface area (Å²) in [6.45, 7) is 4.12. The van der Waals surface area contributed by atoms with Crippen molar-refractivity contribution in [2.45, 2.75) is 25.9 Å². The Balaban J connectivity index is 3.13. The first-order valence-electron chi connectivity index (χ1n) is 5.25. The Kier molecular flexibility index (Phi) is 3.88. The lowest BCUT2D eigenvalue weighted by Crippen LogP contribution is -2.44. The number of rotatable bonds is 4. The molecule has 0 saturated heterocycles. The van der Waals surface area contributed by atoms with Crippen LogP contribution in [-0.2, 0) is 6.54 Å². The van der Waals surface area contributed by atoms with Crippen LogP contribution in [0.2, 0.25) is 0 Å². The zero-order valence-corrected chi connectivity index (χ0v) is 10.00. The number of hydrogen-bond acceptors (Lipinski definition) is 3. The summed E-state index contributed by atoms with van der Waals surface area (Å²) in [7, 11) is 1.86. The molecule has 0 heterocycles. The molecule has 0 bridgehead atoms. The lowest BCUT2D eigenvalue weighted by atomic mass is 10.0. The SMILES string of the molecule is CN(c1ccc(F)cc1CN)C(C)(C)CO. The van der Waals surface area contributed by atoms with E-state index in [0.29, 0.717) is 0 Å². The third kappa shape index (κ3) is 2.51. The molecular formula is C12H19FN2O. The van der Waals surface area contributed by atoms with E-state index in [1.165, 1.54) is 12.1 Å². The monoisotopic (exact) mass is 226 g/mol. The number of halogens is 1. The zero-order valence-electron chi connectivity index (χ0n) is 10.00. The lowest BCUT2D eigenvalue weighted by Gasteiger charge is -2.37. The highest BCUT2D eigenvalue weighted by molar-refractivity contribution is 5.55. The van der Waals surface area contributed by atoms with Crippen LogP contribution in [0.1, 0.15) is 19.4 Å². The maximum absolute atomic E-state index is 13.1. The van der Waals surface area contributed by atoms with E-state index < -0.39 is 5.54 Å². The van der Waals surface area contributed by atoms with Crippen molar-refractivity contribution in [3.05, 3.63) is 29.6 Å². The normalized spacial score (nSPS) is 11.6. The molecule has 1 aromatic rings. The van der Waals surface area contributed by atoms with Crippen LogP contribution in [-0.4, -0.2) is 24.3 Å². The van der Waals surface area contributed by atoms with Crippen LogP contribution in [0.3, 0.4) is 0 Å². The first kappa shape index (κ1) is 12.9. The van der Waals surface area contributed by atoms with Gasteiger partial charge in [-0.3, -0.25) is 0 Å². The van der Waals surface area contributed by atoms with Gasteiger partial charge in [-0.05, 0) is 37.6 Å². The van der Waals surface area contributed by atoms with Crippen LogP contribution in [0, 0.1) is 5.82 Å². The van der Waals surface area contributed by atoms with Crippen LogP contribution in [0.15, 0.2) is 18.2 Å². The number of nitrogens with zero attached hydrogens (tertiary/aromatic N) is 1. The van der Waals surface area contributed by atoms with E-state index in [2.05, 4.69) is 0 Å². The molecule has 0 aliphatic rings. The Morgan fingerprint density at radius 1 is 1.44 bits per heavy atom. The van der Waals surface area contributed by atoms with E-state index in [0.717, 1.165) is 11.3 Å². The molecule has 16 heavy (non-hydrogen) atoms. The zero-order chi connectivity index (χ0) is 12.3. The van der Waals surface area contributed by atoms with Crippen molar-refractivity contribution in [2.24, 2.45) is 5.73 Å². The summed E-state index contributed by atoms with van der Waals surface area (Å²) in [6.07, 6.45) is 0. The van der Waals surface area contributed by atoms with Crippen molar-refractivity contribution < 1.29 is 9.50 Å². The fourth-order valence-electron chi connectivity index (χ4n) is 1.48. The molecule has 3 N–H and O–H groups in total. The first-order valence-corrected chi connectivity index (χ1v) is 5.25. The Morgan fingerprint density at radius 3 is 2.56 bits per heavy atom. The van der Waals surface area contributed by atoms with Gasteiger partial charge in [0.1, 0.15) is 5.82 Å². The van der Waals surface area contributed by atoms with Gasteiger partial charge < -0.3 is 15.7 Å². The molecule has 3 nitrogen and oxygen atoms in total. The van der Waals surface area contributed by atoms with Gasteiger partial charge in [0.25, 0.3) is 0 Å². The van der Waals surface area contributed by atoms with Gasteiger partial charge in [0.15, 0.2) is 0 Å². The maximum Gasteiger partial charge on any atom is 0.123 e. The van der Waals surface area contributed by atoms with E-state index in [4.69, 9.17) is 5.73 Å². The van der Waals surface area contributed by atoms with Crippen molar-refractivity contribution in [2.75, 3.05) is 18.6 Å². The molecule has 0 atom stereocenters. The summed E-state index contributed by atoms with van der Waals surface area (Å²) < 4.78 is 13.1. The number of benzene rings is 1.